The Kier molecular flexibility index (Phi) is 4.18. The summed E-state index contributed by atoms with van der Waals surface area (Å²) in [7, 11) is 0. The molecule has 1 aliphatic rings. The topological polar surface area (TPSA) is 90.1 Å². The van der Waals surface area contributed by atoms with Gasteiger partial charge in [0.05, 0.1) is 5.69 Å². The number of carbonyl (C=O) groups is 1. The molecule has 6 nitrogen and oxygen atoms in total. The van der Waals surface area contributed by atoms with E-state index in [9.17, 15) is 10.1 Å². The van der Waals surface area contributed by atoms with Crippen LogP contribution in [0.2, 0.25) is 0 Å². The van der Waals surface area contributed by atoms with E-state index in [1.54, 1.807) is 0 Å². The average molecular weight is 274 g/mol. The molecule has 1 fully saturated rings. The fraction of sp³-hybridized carbons (Fsp3) is 0.571. The summed E-state index contributed by atoms with van der Waals surface area (Å²) in [5.74, 6) is 0.102. The van der Waals surface area contributed by atoms with Gasteiger partial charge in [0.1, 0.15) is 11.6 Å². The van der Waals surface area contributed by atoms with Crippen LogP contribution in [0.5, 0.6) is 0 Å². The minimum Gasteiger partial charge on any atom is -0.481 e. The third-order valence-corrected chi connectivity index (χ3v) is 3.93. The van der Waals surface area contributed by atoms with E-state index in [2.05, 4.69) is 16.3 Å². The van der Waals surface area contributed by atoms with E-state index in [-0.39, 0.29) is 12.3 Å². The second-order valence-corrected chi connectivity index (χ2v) is 5.25. The van der Waals surface area contributed by atoms with E-state index in [0.29, 0.717) is 11.4 Å². The first-order valence-electron chi connectivity index (χ1n) is 6.73. The summed E-state index contributed by atoms with van der Waals surface area (Å²) in [6, 6.07) is 2.21. The number of aliphatic carboxylic acids is 1. The molecule has 6 heteroatoms. The predicted molar refractivity (Wildman–Crippen MR) is 73.4 cm³/mol. The molecule has 0 amide bonds. The van der Waals surface area contributed by atoms with Gasteiger partial charge < -0.3 is 10.0 Å². The van der Waals surface area contributed by atoms with Crippen molar-refractivity contribution in [3.63, 3.8) is 0 Å². The highest BCUT2D eigenvalue weighted by Gasteiger charge is 2.24. The SMILES string of the molecule is Cc1nnc(N2CCC(CC(=O)O)CC2)c(C#N)c1C. The van der Waals surface area contributed by atoms with Gasteiger partial charge in [-0.1, -0.05) is 0 Å². The molecule has 0 unspecified atom stereocenters. The van der Waals surface area contributed by atoms with Gasteiger partial charge in [-0.25, -0.2) is 0 Å². The van der Waals surface area contributed by atoms with E-state index in [4.69, 9.17) is 5.11 Å². The second-order valence-electron chi connectivity index (χ2n) is 5.25. The van der Waals surface area contributed by atoms with E-state index in [1.807, 2.05) is 18.7 Å². The summed E-state index contributed by atoms with van der Waals surface area (Å²) >= 11 is 0. The Hall–Kier alpha value is -2.16. The molecule has 1 aliphatic heterocycles. The lowest BCUT2D eigenvalue weighted by molar-refractivity contribution is -0.138. The smallest absolute Gasteiger partial charge is 0.303 e. The molecule has 0 saturated carbocycles. The van der Waals surface area contributed by atoms with Gasteiger partial charge in [-0.2, -0.15) is 10.4 Å². The number of nitriles is 1. The van der Waals surface area contributed by atoms with Crippen molar-refractivity contribution in [1.29, 1.82) is 5.26 Å². The number of carboxylic acid groups (broad SMARTS) is 1. The van der Waals surface area contributed by atoms with Crippen molar-refractivity contribution in [3.8, 4) is 6.07 Å². The highest BCUT2D eigenvalue weighted by Crippen LogP contribution is 2.27. The molecule has 2 heterocycles. The van der Waals surface area contributed by atoms with Crippen molar-refractivity contribution >= 4 is 11.8 Å². The molecule has 0 aliphatic carbocycles. The Morgan fingerprint density at radius 3 is 2.60 bits per heavy atom. The number of aryl methyl sites for hydroxylation is 1. The number of aromatic nitrogens is 2. The summed E-state index contributed by atoms with van der Waals surface area (Å²) in [5, 5.41) is 26.4. The third-order valence-electron chi connectivity index (χ3n) is 3.93. The molecular weight excluding hydrogens is 256 g/mol. The average Bonchev–Trinajstić information content (AvgIpc) is 2.42. The second kappa shape index (κ2) is 5.87. The van der Waals surface area contributed by atoms with Gasteiger partial charge in [-0.05, 0) is 38.2 Å². The largest absolute Gasteiger partial charge is 0.481 e. The van der Waals surface area contributed by atoms with Crippen molar-refractivity contribution in [3.05, 3.63) is 16.8 Å². The van der Waals surface area contributed by atoms with Gasteiger partial charge in [-0.15, -0.1) is 5.10 Å². The summed E-state index contributed by atoms with van der Waals surface area (Å²) in [6.07, 6.45) is 1.84. The van der Waals surface area contributed by atoms with Gasteiger partial charge >= 0.3 is 5.97 Å². The number of anilines is 1. The quantitative estimate of drug-likeness (QED) is 0.901. The fourth-order valence-electron chi connectivity index (χ4n) is 2.55. The van der Waals surface area contributed by atoms with Crippen LogP contribution in [0.1, 0.15) is 36.1 Å². The number of carboxylic acids is 1. The van der Waals surface area contributed by atoms with E-state index >= 15 is 0 Å². The summed E-state index contributed by atoms with van der Waals surface area (Å²) in [4.78, 5) is 12.8. The molecule has 20 heavy (non-hydrogen) atoms. The van der Waals surface area contributed by atoms with E-state index in [1.165, 1.54) is 0 Å². The minimum absolute atomic E-state index is 0.216. The number of nitrogens with zero attached hydrogens (tertiary/aromatic N) is 4. The van der Waals surface area contributed by atoms with E-state index < -0.39 is 5.97 Å². The van der Waals surface area contributed by atoms with Crippen LogP contribution in [-0.4, -0.2) is 34.4 Å². The minimum atomic E-state index is -0.743. The lowest BCUT2D eigenvalue weighted by atomic mass is 9.93. The monoisotopic (exact) mass is 274 g/mol. The summed E-state index contributed by atoms with van der Waals surface area (Å²) in [5.41, 5.74) is 2.21. The van der Waals surface area contributed by atoms with Crippen LogP contribution in [0.3, 0.4) is 0 Å². The zero-order chi connectivity index (χ0) is 14.7. The highest BCUT2D eigenvalue weighted by atomic mass is 16.4. The Morgan fingerprint density at radius 1 is 1.40 bits per heavy atom. The maximum Gasteiger partial charge on any atom is 0.303 e. The van der Waals surface area contributed by atoms with Crippen molar-refractivity contribution in [2.75, 3.05) is 18.0 Å². The standard InChI is InChI=1S/C14H18N4O2/c1-9-10(2)16-17-14(12(9)8-15)18-5-3-11(4-6-18)7-13(19)20/h11H,3-7H2,1-2H3,(H,19,20). The van der Waals surface area contributed by atoms with Gasteiger partial charge in [0.15, 0.2) is 5.82 Å². The molecule has 0 bridgehead atoms. The molecule has 0 radical (unpaired) electrons. The summed E-state index contributed by atoms with van der Waals surface area (Å²) in [6.45, 7) is 5.17. The molecule has 0 aromatic carbocycles. The Bertz CT molecular complexity index is 557. The van der Waals surface area contributed by atoms with Crippen molar-refractivity contribution in [2.45, 2.75) is 33.1 Å². The predicted octanol–water partition coefficient (Wildman–Crippen LogP) is 1.66. The molecule has 1 saturated heterocycles. The number of piperidine rings is 1. The maximum atomic E-state index is 10.7. The van der Waals surface area contributed by atoms with Crippen molar-refractivity contribution < 1.29 is 9.90 Å². The molecule has 1 aromatic heterocycles. The van der Waals surface area contributed by atoms with Crippen LogP contribution >= 0.6 is 0 Å². The van der Waals surface area contributed by atoms with Gasteiger partial charge in [0, 0.05) is 19.5 Å². The Morgan fingerprint density at radius 2 is 2.05 bits per heavy atom. The zero-order valence-electron chi connectivity index (χ0n) is 11.8. The molecule has 0 atom stereocenters. The van der Waals surface area contributed by atoms with Crippen molar-refractivity contribution in [2.24, 2.45) is 5.92 Å². The van der Waals surface area contributed by atoms with Crippen LogP contribution < -0.4 is 4.90 Å². The molecule has 106 valence electrons. The van der Waals surface area contributed by atoms with Crippen LogP contribution in [0.15, 0.2) is 0 Å². The van der Waals surface area contributed by atoms with Crippen LogP contribution in [0.4, 0.5) is 5.82 Å². The number of rotatable bonds is 3. The maximum absolute atomic E-state index is 10.7. The van der Waals surface area contributed by atoms with Crippen molar-refractivity contribution in [1.82, 2.24) is 10.2 Å². The molecule has 1 N–H and O–H groups in total. The third kappa shape index (κ3) is 2.87. The zero-order valence-corrected chi connectivity index (χ0v) is 11.8. The normalized spacial score (nSPS) is 15.9. The molecule has 2 rings (SSSR count). The molecule has 1 aromatic rings. The Balaban J connectivity index is 2.13. The lowest BCUT2D eigenvalue weighted by Crippen LogP contribution is -2.35. The first-order valence-corrected chi connectivity index (χ1v) is 6.73. The van der Waals surface area contributed by atoms with Gasteiger partial charge in [0.2, 0.25) is 0 Å². The van der Waals surface area contributed by atoms with Gasteiger partial charge in [-0.3, -0.25) is 4.79 Å². The number of hydrogen-bond donors (Lipinski definition) is 1. The lowest BCUT2D eigenvalue weighted by Gasteiger charge is -2.32. The van der Waals surface area contributed by atoms with Crippen LogP contribution in [-0.2, 0) is 4.79 Å². The Labute approximate surface area is 118 Å². The van der Waals surface area contributed by atoms with Crippen LogP contribution in [0, 0.1) is 31.1 Å². The number of hydrogen-bond acceptors (Lipinski definition) is 5. The van der Waals surface area contributed by atoms with Gasteiger partial charge in [0.25, 0.3) is 0 Å². The van der Waals surface area contributed by atoms with Crippen LogP contribution in [0.25, 0.3) is 0 Å². The fourth-order valence-corrected chi connectivity index (χ4v) is 2.55. The first-order chi connectivity index (χ1) is 9.52. The first kappa shape index (κ1) is 14.3. The molecule has 0 spiro atoms. The molecular formula is C14H18N4O2. The summed E-state index contributed by atoms with van der Waals surface area (Å²) < 4.78 is 0. The highest BCUT2D eigenvalue weighted by molar-refractivity contribution is 5.67. The van der Waals surface area contributed by atoms with E-state index in [0.717, 1.165) is 37.2 Å².